The Kier molecular flexibility index (Phi) is 4.30. The molecular formula is C13H16N2O3. The van der Waals surface area contributed by atoms with Crippen LogP contribution in [0, 0.1) is 0 Å². The molecule has 1 aromatic carbocycles. The number of fused-ring (bicyclic) bond motifs is 1. The number of carbonyl (C=O) groups is 1. The lowest BCUT2D eigenvalue weighted by Gasteiger charge is -2.04. The number of rotatable bonds is 6. The first-order chi connectivity index (χ1) is 8.79. The molecule has 18 heavy (non-hydrogen) atoms. The maximum absolute atomic E-state index is 11.7. The Labute approximate surface area is 105 Å². The highest BCUT2D eigenvalue weighted by atomic mass is 16.5. The molecule has 0 saturated carbocycles. The zero-order valence-electron chi connectivity index (χ0n) is 10.3. The summed E-state index contributed by atoms with van der Waals surface area (Å²) >= 11 is 0. The molecule has 0 saturated heterocycles. The molecule has 1 amide bonds. The van der Waals surface area contributed by atoms with Crippen LogP contribution in [0.5, 0.6) is 0 Å². The van der Waals surface area contributed by atoms with Crippen LogP contribution in [0.4, 0.5) is 0 Å². The third kappa shape index (κ3) is 3.30. The predicted molar refractivity (Wildman–Crippen MR) is 67.2 cm³/mol. The van der Waals surface area contributed by atoms with E-state index in [1.807, 2.05) is 18.2 Å². The van der Waals surface area contributed by atoms with Gasteiger partial charge in [0, 0.05) is 20.3 Å². The number of benzene rings is 1. The van der Waals surface area contributed by atoms with Crippen molar-refractivity contribution in [1.29, 1.82) is 0 Å². The summed E-state index contributed by atoms with van der Waals surface area (Å²) in [7, 11) is 1.65. The van der Waals surface area contributed by atoms with E-state index < -0.39 is 0 Å². The highest BCUT2D eigenvalue weighted by Crippen LogP contribution is 2.14. The standard InChI is InChI=1S/C13H16N2O3/c1-17-6-2-5-14-13(16)8-10-3-4-12-11(7-10)15-9-18-12/h3-4,7,9H,2,5-6,8H2,1H3,(H,14,16). The van der Waals surface area contributed by atoms with E-state index in [4.69, 9.17) is 9.15 Å². The minimum Gasteiger partial charge on any atom is -0.443 e. The van der Waals surface area contributed by atoms with Crippen LogP contribution in [-0.4, -0.2) is 31.2 Å². The van der Waals surface area contributed by atoms with E-state index in [-0.39, 0.29) is 5.91 Å². The van der Waals surface area contributed by atoms with E-state index >= 15 is 0 Å². The zero-order chi connectivity index (χ0) is 12.8. The largest absolute Gasteiger partial charge is 0.443 e. The first-order valence-electron chi connectivity index (χ1n) is 5.87. The van der Waals surface area contributed by atoms with E-state index in [1.54, 1.807) is 7.11 Å². The van der Waals surface area contributed by atoms with Crippen LogP contribution in [0.2, 0.25) is 0 Å². The number of ether oxygens (including phenoxy) is 1. The normalized spacial score (nSPS) is 10.7. The summed E-state index contributed by atoms with van der Waals surface area (Å²) in [6, 6.07) is 5.58. The van der Waals surface area contributed by atoms with Gasteiger partial charge in [-0.2, -0.15) is 0 Å². The van der Waals surface area contributed by atoms with Crippen LogP contribution in [0.3, 0.4) is 0 Å². The van der Waals surface area contributed by atoms with Crippen LogP contribution in [0.25, 0.3) is 11.1 Å². The number of carbonyl (C=O) groups excluding carboxylic acids is 1. The number of aromatic nitrogens is 1. The average Bonchev–Trinajstić information content (AvgIpc) is 2.82. The van der Waals surface area contributed by atoms with Gasteiger partial charge in [-0.15, -0.1) is 0 Å². The van der Waals surface area contributed by atoms with Crippen molar-refractivity contribution in [3.8, 4) is 0 Å². The van der Waals surface area contributed by atoms with E-state index in [9.17, 15) is 4.79 Å². The van der Waals surface area contributed by atoms with Gasteiger partial charge in [0.05, 0.1) is 6.42 Å². The van der Waals surface area contributed by atoms with E-state index in [2.05, 4.69) is 10.3 Å². The molecule has 0 bridgehead atoms. The van der Waals surface area contributed by atoms with Crippen molar-refractivity contribution in [2.75, 3.05) is 20.3 Å². The van der Waals surface area contributed by atoms with Gasteiger partial charge in [-0.1, -0.05) is 6.07 Å². The van der Waals surface area contributed by atoms with E-state index in [0.717, 1.165) is 23.1 Å². The van der Waals surface area contributed by atoms with Gasteiger partial charge in [0.15, 0.2) is 12.0 Å². The van der Waals surface area contributed by atoms with Gasteiger partial charge in [0.2, 0.25) is 5.91 Å². The molecule has 1 heterocycles. The Hall–Kier alpha value is -1.88. The molecule has 0 spiro atoms. The molecule has 5 nitrogen and oxygen atoms in total. The minimum absolute atomic E-state index is 0.00829. The molecule has 0 fully saturated rings. The summed E-state index contributed by atoms with van der Waals surface area (Å²) in [6.45, 7) is 1.30. The zero-order valence-corrected chi connectivity index (χ0v) is 10.3. The van der Waals surface area contributed by atoms with Crippen LogP contribution >= 0.6 is 0 Å². The fraction of sp³-hybridized carbons (Fsp3) is 0.385. The molecule has 1 aromatic heterocycles. The number of hydrogen-bond donors (Lipinski definition) is 1. The van der Waals surface area contributed by atoms with Crippen molar-refractivity contribution >= 4 is 17.0 Å². The third-order valence-corrected chi connectivity index (χ3v) is 2.61. The third-order valence-electron chi connectivity index (χ3n) is 2.61. The number of oxazole rings is 1. The molecular weight excluding hydrogens is 232 g/mol. The molecule has 0 radical (unpaired) electrons. The molecule has 0 aliphatic heterocycles. The molecule has 0 atom stereocenters. The maximum atomic E-state index is 11.7. The Balaban J connectivity index is 1.86. The number of nitrogens with one attached hydrogen (secondary N) is 1. The number of hydrogen-bond acceptors (Lipinski definition) is 4. The Morgan fingerprint density at radius 2 is 2.39 bits per heavy atom. The fourth-order valence-corrected chi connectivity index (χ4v) is 1.71. The highest BCUT2D eigenvalue weighted by molar-refractivity contribution is 5.80. The summed E-state index contributed by atoms with van der Waals surface area (Å²) in [5, 5.41) is 2.85. The summed E-state index contributed by atoms with van der Waals surface area (Å²) in [5.74, 6) is 0.00829. The summed E-state index contributed by atoms with van der Waals surface area (Å²) in [5.41, 5.74) is 2.44. The first kappa shape index (κ1) is 12.6. The van der Waals surface area contributed by atoms with Crippen molar-refractivity contribution in [3.05, 3.63) is 30.2 Å². The SMILES string of the molecule is COCCCNC(=O)Cc1ccc2ocnc2c1. The number of methoxy groups -OCH3 is 1. The van der Waals surface area contributed by atoms with E-state index in [0.29, 0.717) is 19.6 Å². The van der Waals surface area contributed by atoms with Crippen molar-refractivity contribution in [3.63, 3.8) is 0 Å². The second-order valence-electron chi connectivity index (χ2n) is 4.03. The monoisotopic (exact) mass is 248 g/mol. The summed E-state index contributed by atoms with van der Waals surface area (Å²) in [6.07, 6.45) is 2.58. The van der Waals surface area contributed by atoms with Gasteiger partial charge >= 0.3 is 0 Å². The molecule has 0 aliphatic carbocycles. The lowest BCUT2D eigenvalue weighted by Crippen LogP contribution is -2.26. The second-order valence-corrected chi connectivity index (χ2v) is 4.03. The topological polar surface area (TPSA) is 64.4 Å². The van der Waals surface area contributed by atoms with Crippen molar-refractivity contribution < 1.29 is 13.9 Å². The van der Waals surface area contributed by atoms with Gasteiger partial charge < -0.3 is 14.5 Å². The number of amides is 1. The molecule has 0 aliphatic rings. The Morgan fingerprint density at radius 3 is 3.22 bits per heavy atom. The maximum Gasteiger partial charge on any atom is 0.224 e. The van der Waals surface area contributed by atoms with Gasteiger partial charge in [-0.05, 0) is 24.1 Å². The van der Waals surface area contributed by atoms with Gasteiger partial charge in [-0.3, -0.25) is 4.79 Å². The van der Waals surface area contributed by atoms with Crippen molar-refractivity contribution in [2.24, 2.45) is 0 Å². The highest BCUT2D eigenvalue weighted by Gasteiger charge is 2.05. The van der Waals surface area contributed by atoms with Crippen LogP contribution < -0.4 is 5.32 Å². The first-order valence-corrected chi connectivity index (χ1v) is 5.87. The molecule has 5 heteroatoms. The van der Waals surface area contributed by atoms with Crippen LogP contribution in [-0.2, 0) is 16.0 Å². The van der Waals surface area contributed by atoms with Crippen LogP contribution in [0.15, 0.2) is 29.0 Å². The molecule has 2 aromatic rings. The fourth-order valence-electron chi connectivity index (χ4n) is 1.71. The van der Waals surface area contributed by atoms with Gasteiger partial charge in [0.1, 0.15) is 5.52 Å². The Bertz CT molecular complexity index is 522. The molecule has 2 rings (SSSR count). The van der Waals surface area contributed by atoms with Gasteiger partial charge in [-0.25, -0.2) is 4.98 Å². The van der Waals surface area contributed by atoms with Crippen molar-refractivity contribution in [1.82, 2.24) is 10.3 Å². The number of nitrogens with zero attached hydrogens (tertiary/aromatic N) is 1. The van der Waals surface area contributed by atoms with E-state index in [1.165, 1.54) is 6.39 Å². The molecule has 1 N–H and O–H groups in total. The summed E-state index contributed by atoms with van der Waals surface area (Å²) < 4.78 is 10.1. The predicted octanol–water partition coefficient (Wildman–Crippen LogP) is 1.52. The molecule has 96 valence electrons. The lowest BCUT2D eigenvalue weighted by molar-refractivity contribution is -0.120. The summed E-state index contributed by atoms with van der Waals surface area (Å²) in [4.78, 5) is 15.7. The van der Waals surface area contributed by atoms with Crippen LogP contribution in [0.1, 0.15) is 12.0 Å². The second kappa shape index (κ2) is 6.16. The van der Waals surface area contributed by atoms with Gasteiger partial charge in [0.25, 0.3) is 0 Å². The minimum atomic E-state index is 0.00829. The average molecular weight is 248 g/mol. The Morgan fingerprint density at radius 1 is 1.50 bits per heavy atom. The van der Waals surface area contributed by atoms with Crippen molar-refractivity contribution in [2.45, 2.75) is 12.8 Å². The quantitative estimate of drug-likeness (QED) is 0.787. The molecule has 0 unspecified atom stereocenters. The lowest BCUT2D eigenvalue weighted by atomic mass is 10.1. The smallest absolute Gasteiger partial charge is 0.224 e.